The summed E-state index contributed by atoms with van der Waals surface area (Å²) < 4.78 is 16.1. The van der Waals surface area contributed by atoms with Gasteiger partial charge < -0.3 is 0 Å². The number of aromatic amines is 1. The lowest BCUT2D eigenvalue weighted by atomic mass is 10.0. The monoisotopic (exact) mass is 442 g/mol. The van der Waals surface area contributed by atoms with E-state index >= 15 is 0 Å². The van der Waals surface area contributed by atoms with E-state index in [9.17, 15) is 14.0 Å². The quantitative estimate of drug-likeness (QED) is 0.323. The highest BCUT2D eigenvalue weighted by Crippen LogP contribution is 2.23. The lowest BCUT2D eigenvalue weighted by Gasteiger charge is -2.11. The highest BCUT2D eigenvalue weighted by atomic mass is 19.1. The van der Waals surface area contributed by atoms with Crippen LogP contribution in [-0.2, 0) is 13.6 Å². The minimum atomic E-state index is -0.552. The van der Waals surface area contributed by atoms with E-state index in [0.29, 0.717) is 18.1 Å². The first-order valence-electron chi connectivity index (χ1n) is 10.2. The van der Waals surface area contributed by atoms with Gasteiger partial charge in [-0.3, -0.25) is 18.9 Å². The van der Waals surface area contributed by atoms with Gasteiger partial charge in [-0.05, 0) is 34.0 Å². The van der Waals surface area contributed by atoms with Gasteiger partial charge in [-0.1, -0.05) is 54.6 Å². The highest BCUT2D eigenvalue weighted by Gasteiger charge is 2.18. The molecule has 0 radical (unpaired) electrons. The first-order valence-corrected chi connectivity index (χ1v) is 10.2. The number of nitrogens with one attached hydrogen (secondary N) is 2. The van der Waals surface area contributed by atoms with Crippen LogP contribution in [-0.4, -0.2) is 25.3 Å². The maximum Gasteiger partial charge on any atom is 0.329 e. The number of rotatable bonds is 5. The number of halogens is 1. The van der Waals surface area contributed by atoms with Crippen LogP contribution >= 0.6 is 0 Å². The Hall–Kier alpha value is -4.53. The van der Waals surface area contributed by atoms with Gasteiger partial charge in [0.2, 0.25) is 5.95 Å². The highest BCUT2D eigenvalue weighted by molar-refractivity contribution is 5.86. The van der Waals surface area contributed by atoms with Gasteiger partial charge in [-0.25, -0.2) is 14.6 Å². The lowest BCUT2D eigenvalue weighted by molar-refractivity contribution is 0.628. The predicted molar refractivity (Wildman–Crippen MR) is 126 cm³/mol. The maximum absolute atomic E-state index is 13.1. The van der Waals surface area contributed by atoms with E-state index in [2.05, 4.69) is 20.5 Å². The third kappa shape index (κ3) is 3.80. The zero-order chi connectivity index (χ0) is 22.9. The van der Waals surface area contributed by atoms with Crippen LogP contribution in [0.2, 0.25) is 0 Å². The number of fused-ring (bicyclic) bond motifs is 2. The molecule has 0 amide bonds. The summed E-state index contributed by atoms with van der Waals surface area (Å²) in [5.74, 6) is -0.0415. The zero-order valence-corrected chi connectivity index (χ0v) is 17.6. The molecule has 5 aromatic rings. The molecule has 5 rings (SSSR count). The van der Waals surface area contributed by atoms with Gasteiger partial charge >= 0.3 is 5.69 Å². The average molecular weight is 442 g/mol. The predicted octanol–water partition coefficient (Wildman–Crippen LogP) is 3.21. The molecule has 2 heterocycles. The van der Waals surface area contributed by atoms with Crippen molar-refractivity contribution >= 4 is 34.1 Å². The smallest absolute Gasteiger partial charge is 0.298 e. The molecule has 0 atom stereocenters. The van der Waals surface area contributed by atoms with Crippen LogP contribution in [0.3, 0.4) is 0 Å². The number of aromatic nitrogens is 4. The Bertz CT molecular complexity index is 1620. The minimum absolute atomic E-state index is 0.239. The van der Waals surface area contributed by atoms with Gasteiger partial charge in [0.05, 0.1) is 12.8 Å². The Morgan fingerprint density at radius 3 is 2.64 bits per heavy atom. The molecule has 0 bridgehead atoms. The van der Waals surface area contributed by atoms with Gasteiger partial charge in [0.25, 0.3) is 5.56 Å². The zero-order valence-electron chi connectivity index (χ0n) is 17.6. The Kier molecular flexibility index (Phi) is 5.06. The number of benzene rings is 3. The van der Waals surface area contributed by atoms with Crippen LogP contribution in [0, 0.1) is 5.82 Å². The molecule has 8 nitrogen and oxygen atoms in total. The van der Waals surface area contributed by atoms with Crippen molar-refractivity contribution in [2.45, 2.75) is 6.54 Å². The number of hydrogen-bond donors (Lipinski definition) is 2. The number of hydrogen-bond acceptors (Lipinski definition) is 5. The normalized spacial score (nSPS) is 11.6. The molecule has 0 aliphatic carbocycles. The van der Waals surface area contributed by atoms with Crippen LogP contribution in [0.4, 0.5) is 10.3 Å². The van der Waals surface area contributed by atoms with Gasteiger partial charge in [0.1, 0.15) is 5.82 Å². The Labute approximate surface area is 186 Å². The molecule has 0 aliphatic rings. The van der Waals surface area contributed by atoms with Crippen LogP contribution in [0.15, 0.2) is 81.4 Å². The largest absolute Gasteiger partial charge is 0.329 e. The van der Waals surface area contributed by atoms with Crippen LogP contribution in [0.1, 0.15) is 11.1 Å². The third-order valence-corrected chi connectivity index (χ3v) is 5.46. The fourth-order valence-electron chi connectivity index (χ4n) is 3.79. The van der Waals surface area contributed by atoms with E-state index in [1.165, 1.54) is 22.9 Å². The number of anilines is 1. The van der Waals surface area contributed by atoms with E-state index in [1.54, 1.807) is 23.7 Å². The molecule has 0 saturated heterocycles. The van der Waals surface area contributed by atoms with Crippen molar-refractivity contribution < 1.29 is 4.39 Å². The molecule has 2 aromatic heterocycles. The summed E-state index contributed by atoms with van der Waals surface area (Å²) >= 11 is 0. The van der Waals surface area contributed by atoms with E-state index in [1.807, 2.05) is 42.5 Å². The first-order chi connectivity index (χ1) is 16.0. The van der Waals surface area contributed by atoms with Gasteiger partial charge in [0, 0.05) is 7.05 Å². The number of nitrogens with zero attached hydrogens (tertiary/aromatic N) is 4. The topological polar surface area (TPSA) is 97.1 Å². The van der Waals surface area contributed by atoms with Crippen molar-refractivity contribution in [1.82, 2.24) is 19.1 Å². The summed E-state index contributed by atoms with van der Waals surface area (Å²) in [7, 11) is 1.54. The van der Waals surface area contributed by atoms with Crippen molar-refractivity contribution in [3.63, 3.8) is 0 Å². The van der Waals surface area contributed by atoms with E-state index in [4.69, 9.17) is 0 Å². The number of H-pyrrole nitrogens is 1. The van der Waals surface area contributed by atoms with Gasteiger partial charge in [0.15, 0.2) is 11.2 Å². The number of aryl methyl sites for hydroxylation is 1. The second-order valence-electron chi connectivity index (χ2n) is 7.57. The summed E-state index contributed by atoms with van der Waals surface area (Å²) in [6, 6.07) is 19.8. The maximum atomic E-state index is 13.1. The van der Waals surface area contributed by atoms with Gasteiger partial charge in [-0.2, -0.15) is 10.1 Å². The lowest BCUT2D eigenvalue weighted by Crippen LogP contribution is -2.29. The Balaban J connectivity index is 1.62. The van der Waals surface area contributed by atoms with Crippen molar-refractivity contribution in [3.8, 4) is 0 Å². The molecule has 9 heteroatoms. The number of hydrazone groups is 1. The summed E-state index contributed by atoms with van der Waals surface area (Å²) in [5.41, 5.74) is 3.94. The van der Waals surface area contributed by atoms with Crippen LogP contribution in [0.5, 0.6) is 0 Å². The molecule has 0 saturated carbocycles. The van der Waals surface area contributed by atoms with Gasteiger partial charge in [-0.15, -0.1) is 0 Å². The molecular weight excluding hydrogens is 423 g/mol. The SMILES string of the molecule is Cn1c(=O)[nH]c(=O)c2c1nc(NN=Cc1ccc(F)cc1)n2Cc1cccc2ccccc12. The Morgan fingerprint density at radius 2 is 1.82 bits per heavy atom. The molecule has 3 aromatic carbocycles. The molecule has 0 fully saturated rings. The Morgan fingerprint density at radius 1 is 1.06 bits per heavy atom. The third-order valence-electron chi connectivity index (χ3n) is 5.46. The summed E-state index contributed by atoms with van der Waals surface area (Å²) in [6.45, 7) is 0.327. The summed E-state index contributed by atoms with van der Waals surface area (Å²) in [6.07, 6.45) is 1.52. The molecular formula is C24H19FN6O2. The van der Waals surface area contributed by atoms with Crippen molar-refractivity contribution in [3.05, 3.63) is 105 Å². The fourth-order valence-corrected chi connectivity index (χ4v) is 3.79. The molecule has 2 N–H and O–H groups in total. The molecule has 0 unspecified atom stereocenters. The fraction of sp³-hybridized carbons (Fsp3) is 0.0833. The van der Waals surface area contributed by atoms with E-state index in [-0.39, 0.29) is 17.0 Å². The second-order valence-corrected chi connectivity index (χ2v) is 7.57. The van der Waals surface area contributed by atoms with Crippen molar-refractivity contribution in [2.24, 2.45) is 12.1 Å². The van der Waals surface area contributed by atoms with Crippen molar-refractivity contribution in [1.29, 1.82) is 0 Å². The average Bonchev–Trinajstić information content (AvgIpc) is 3.18. The summed E-state index contributed by atoms with van der Waals surface area (Å²) in [5, 5.41) is 6.32. The standard InChI is InChI=1S/C24H19FN6O2/c1-30-21-20(22(32)28-24(30)33)31(14-17-7-4-6-16-5-2-3-8-19(16)17)23(27-21)29-26-13-15-9-11-18(25)12-10-15/h2-13H,14H2,1H3,(H,27,29)(H,28,32,33). The van der Waals surface area contributed by atoms with Crippen LogP contribution < -0.4 is 16.7 Å². The van der Waals surface area contributed by atoms with E-state index in [0.717, 1.165) is 16.3 Å². The van der Waals surface area contributed by atoms with E-state index < -0.39 is 11.2 Å². The molecule has 0 aliphatic heterocycles. The molecule has 164 valence electrons. The first kappa shape index (κ1) is 20.4. The second kappa shape index (κ2) is 8.19. The minimum Gasteiger partial charge on any atom is -0.298 e. The van der Waals surface area contributed by atoms with Crippen LogP contribution in [0.25, 0.3) is 21.9 Å². The molecule has 33 heavy (non-hydrogen) atoms. The van der Waals surface area contributed by atoms with Crippen molar-refractivity contribution in [2.75, 3.05) is 5.43 Å². The number of imidazole rings is 1. The molecule has 0 spiro atoms. The summed E-state index contributed by atoms with van der Waals surface area (Å²) in [4.78, 5) is 31.7.